The van der Waals surface area contributed by atoms with Crippen LogP contribution in [0.3, 0.4) is 0 Å². The van der Waals surface area contributed by atoms with Crippen molar-refractivity contribution in [2.45, 2.75) is 13.8 Å². The summed E-state index contributed by atoms with van der Waals surface area (Å²) in [5, 5.41) is 0. The van der Waals surface area contributed by atoms with Crippen LogP contribution in [0.5, 0.6) is 23.0 Å². The van der Waals surface area contributed by atoms with Crippen molar-refractivity contribution in [3.8, 4) is 23.0 Å². The van der Waals surface area contributed by atoms with E-state index >= 15 is 0 Å². The predicted molar refractivity (Wildman–Crippen MR) is 103 cm³/mol. The molecule has 0 aliphatic rings. The summed E-state index contributed by atoms with van der Waals surface area (Å²) in [5.74, 6) is 0.907. The second-order valence-corrected chi connectivity index (χ2v) is 5.71. The number of para-hydroxylation sites is 2. The van der Waals surface area contributed by atoms with Crippen LogP contribution in [0.15, 0.2) is 42.5 Å². The van der Waals surface area contributed by atoms with Gasteiger partial charge in [0, 0.05) is 0 Å². The Morgan fingerprint density at radius 2 is 1.36 bits per heavy atom. The molecule has 0 atom stereocenters. The van der Waals surface area contributed by atoms with Crippen LogP contribution in [0.25, 0.3) is 0 Å². The number of nitrogens with one attached hydrogen (secondary N) is 2. The third kappa shape index (κ3) is 6.39. The second kappa shape index (κ2) is 10.7. The van der Waals surface area contributed by atoms with Crippen molar-refractivity contribution in [3.05, 3.63) is 48.0 Å². The number of rotatable bonds is 9. The number of hydrazine groups is 1. The molecule has 8 nitrogen and oxygen atoms in total. The SMILES string of the molecule is CCOc1ccccc1OCC(=O)NNC(=O)COc1ccc(C)cc1OC. The number of hydrogen-bond donors (Lipinski definition) is 2. The van der Waals surface area contributed by atoms with Gasteiger partial charge in [0.05, 0.1) is 13.7 Å². The van der Waals surface area contributed by atoms with Gasteiger partial charge in [0.25, 0.3) is 11.8 Å². The smallest absolute Gasteiger partial charge is 0.276 e. The molecule has 2 amide bonds. The second-order valence-electron chi connectivity index (χ2n) is 5.71. The third-order valence-corrected chi connectivity index (χ3v) is 3.53. The van der Waals surface area contributed by atoms with Crippen LogP contribution < -0.4 is 29.8 Å². The Labute approximate surface area is 163 Å². The molecule has 28 heavy (non-hydrogen) atoms. The average molecular weight is 388 g/mol. The summed E-state index contributed by atoms with van der Waals surface area (Å²) in [7, 11) is 1.52. The van der Waals surface area contributed by atoms with E-state index in [1.54, 1.807) is 36.4 Å². The zero-order valence-electron chi connectivity index (χ0n) is 16.1. The van der Waals surface area contributed by atoms with Gasteiger partial charge in [-0.15, -0.1) is 0 Å². The first-order chi connectivity index (χ1) is 13.5. The number of ether oxygens (including phenoxy) is 4. The fraction of sp³-hybridized carbons (Fsp3) is 0.300. The van der Waals surface area contributed by atoms with Gasteiger partial charge in [-0.1, -0.05) is 18.2 Å². The summed E-state index contributed by atoms with van der Waals surface area (Å²) in [6, 6.07) is 12.4. The maximum Gasteiger partial charge on any atom is 0.276 e. The first-order valence-corrected chi connectivity index (χ1v) is 8.73. The minimum absolute atomic E-state index is 0.281. The lowest BCUT2D eigenvalue weighted by atomic mass is 10.2. The van der Waals surface area contributed by atoms with Gasteiger partial charge in [-0.05, 0) is 43.7 Å². The molecule has 0 saturated heterocycles. The Hall–Kier alpha value is -3.42. The van der Waals surface area contributed by atoms with E-state index < -0.39 is 11.8 Å². The molecule has 2 aromatic rings. The lowest BCUT2D eigenvalue weighted by molar-refractivity contribution is -0.131. The van der Waals surface area contributed by atoms with E-state index in [9.17, 15) is 9.59 Å². The molecule has 0 bridgehead atoms. The van der Waals surface area contributed by atoms with Crippen molar-refractivity contribution in [1.29, 1.82) is 0 Å². The van der Waals surface area contributed by atoms with Gasteiger partial charge in [-0.2, -0.15) is 0 Å². The zero-order valence-corrected chi connectivity index (χ0v) is 16.1. The normalized spacial score (nSPS) is 9.96. The van der Waals surface area contributed by atoms with E-state index in [0.29, 0.717) is 29.6 Å². The molecule has 0 fully saturated rings. The summed E-state index contributed by atoms with van der Waals surface area (Å²) < 4.78 is 21.5. The molecule has 0 radical (unpaired) electrons. The Bertz CT molecular complexity index is 809. The predicted octanol–water partition coefficient (Wildman–Crippen LogP) is 2.01. The molecule has 0 saturated carbocycles. The molecular weight excluding hydrogens is 364 g/mol. The molecule has 0 aliphatic carbocycles. The van der Waals surface area contributed by atoms with Crippen molar-refractivity contribution < 1.29 is 28.5 Å². The van der Waals surface area contributed by atoms with Crippen molar-refractivity contribution in [1.82, 2.24) is 10.9 Å². The minimum atomic E-state index is -0.523. The van der Waals surface area contributed by atoms with E-state index in [1.807, 2.05) is 19.9 Å². The number of benzene rings is 2. The van der Waals surface area contributed by atoms with Gasteiger partial charge in [0.15, 0.2) is 36.2 Å². The van der Waals surface area contributed by atoms with E-state index in [4.69, 9.17) is 18.9 Å². The zero-order chi connectivity index (χ0) is 20.4. The number of amides is 2. The fourth-order valence-corrected chi connectivity index (χ4v) is 2.24. The highest BCUT2D eigenvalue weighted by atomic mass is 16.5. The van der Waals surface area contributed by atoms with Crippen molar-refractivity contribution >= 4 is 11.8 Å². The molecule has 2 N–H and O–H groups in total. The first-order valence-electron chi connectivity index (χ1n) is 8.73. The number of aryl methyl sites for hydroxylation is 1. The Morgan fingerprint density at radius 3 is 1.89 bits per heavy atom. The molecule has 150 valence electrons. The maximum atomic E-state index is 11.8. The molecule has 2 rings (SSSR count). The largest absolute Gasteiger partial charge is 0.493 e. The summed E-state index contributed by atoms with van der Waals surface area (Å²) in [6.07, 6.45) is 0. The van der Waals surface area contributed by atoms with Gasteiger partial charge in [0.1, 0.15) is 0 Å². The summed E-state index contributed by atoms with van der Waals surface area (Å²) in [5.41, 5.74) is 5.53. The van der Waals surface area contributed by atoms with Crippen molar-refractivity contribution in [2.24, 2.45) is 0 Å². The molecule has 2 aromatic carbocycles. The third-order valence-electron chi connectivity index (χ3n) is 3.53. The highest BCUT2D eigenvalue weighted by Crippen LogP contribution is 2.27. The summed E-state index contributed by atoms with van der Waals surface area (Å²) in [6.45, 7) is 3.69. The molecule has 0 heterocycles. The number of methoxy groups -OCH3 is 1. The number of hydrogen-bond acceptors (Lipinski definition) is 6. The van der Waals surface area contributed by atoms with E-state index in [0.717, 1.165) is 5.56 Å². The summed E-state index contributed by atoms with van der Waals surface area (Å²) >= 11 is 0. The molecule has 8 heteroatoms. The van der Waals surface area contributed by atoms with Crippen LogP contribution in [-0.4, -0.2) is 38.7 Å². The Kier molecular flexibility index (Phi) is 7.95. The van der Waals surface area contributed by atoms with Gasteiger partial charge < -0.3 is 18.9 Å². The van der Waals surface area contributed by atoms with E-state index in [1.165, 1.54) is 7.11 Å². The Morgan fingerprint density at radius 1 is 0.821 bits per heavy atom. The monoisotopic (exact) mass is 388 g/mol. The highest BCUT2D eigenvalue weighted by molar-refractivity contribution is 5.83. The van der Waals surface area contributed by atoms with Crippen molar-refractivity contribution in [2.75, 3.05) is 26.9 Å². The molecular formula is C20H24N2O6. The molecule has 0 aromatic heterocycles. The van der Waals surface area contributed by atoms with Gasteiger partial charge >= 0.3 is 0 Å². The van der Waals surface area contributed by atoms with Crippen LogP contribution in [0.1, 0.15) is 12.5 Å². The van der Waals surface area contributed by atoms with Gasteiger partial charge in [-0.3, -0.25) is 20.4 Å². The quantitative estimate of drug-likeness (QED) is 0.638. The lowest BCUT2D eigenvalue weighted by Crippen LogP contribution is -2.45. The van der Waals surface area contributed by atoms with Crippen LogP contribution >= 0.6 is 0 Å². The minimum Gasteiger partial charge on any atom is -0.493 e. The van der Waals surface area contributed by atoms with E-state index in [2.05, 4.69) is 10.9 Å². The molecule has 0 spiro atoms. The van der Waals surface area contributed by atoms with Crippen molar-refractivity contribution in [3.63, 3.8) is 0 Å². The standard InChI is InChI=1S/C20H24N2O6/c1-4-26-15-7-5-6-8-16(15)27-12-19(23)21-22-20(24)13-28-17-10-9-14(2)11-18(17)25-3/h5-11H,4,12-13H2,1-3H3,(H,21,23)(H,22,24). The Balaban J connectivity index is 1.75. The summed E-state index contributed by atoms with van der Waals surface area (Å²) in [4.78, 5) is 23.7. The van der Waals surface area contributed by atoms with Gasteiger partial charge in [-0.25, -0.2) is 0 Å². The van der Waals surface area contributed by atoms with Gasteiger partial charge in [0.2, 0.25) is 0 Å². The van der Waals surface area contributed by atoms with Crippen LogP contribution in [0.4, 0.5) is 0 Å². The van der Waals surface area contributed by atoms with E-state index in [-0.39, 0.29) is 13.2 Å². The van der Waals surface area contributed by atoms with Crippen LogP contribution in [-0.2, 0) is 9.59 Å². The fourth-order valence-electron chi connectivity index (χ4n) is 2.24. The number of carbonyl (C=O) groups excluding carboxylic acids is 2. The maximum absolute atomic E-state index is 11.8. The topological polar surface area (TPSA) is 95.1 Å². The van der Waals surface area contributed by atoms with Crippen LogP contribution in [0.2, 0.25) is 0 Å². The lowest BCUT2D eigenvalue weighted by Gasteiger charge is -2.13. The molecule has 0 aliphatic heterocycles. The first kappa shape index (κ1) is 20.9. The van der Waals surface area contributed by atoms with Crippen LogP contribution in [0, 0.1) is 6.92 Å². The molecule has 0 unspecified atom stereocenters. The average Bonchev–Trinajstić information content (AvgIpc) is 2.70. The number of carbonyl (C=O) groups is 2. The highest BCUT2D eigenvalue weighted by Gasteiger charge is 2.10.